The minimum absolute atomic E-state index is 0.380. The summed E-state index contributed by atoms with van der Waals surface area (Å²) >= 11 is 0. The third-order valence-electron chi connectivity index (χ3n) is 3.64. The predicted octanol–water partition coefficient (Wildman–Crippen LogP) is 3.58. The van der Waals surface area contributed by atoms with E-state index in [2.05, 4.69) is 51.7 Å². The van der Waals surface area contributed by atoms with Gasteiger partial charge in [-0.25, -0.2) is 4.98 Å². The molecular formula is C16H23N3. The van der Waals surface area contributed by atoms with Crippen LogP contribution in [0.15, 0.2) is 12.1 Å². The van der Waals surface area contributed by atoms with Crippen molar-refractivity contribution >= 4 is 0 Å². The van der Waals surface area contributed by atoms with E-state index >= 15 is 0 Å². The largest absolute Gasteiger partial charge is 0.344 e. The molecule has 0 saturated carbocycles. The van der Waals surface area contributed by atoms with Gasteiger partial charge in [0.05, 0.1) is 11.4 Å². The highest BCUT2D eigenvalue weighted by molar-refractivity contribution is 5.67. The molecule has 2 aromatic rings. The van der Waals surface area contributed by atoms with Crippen LogP contribution in [0, 0.1) is 20.8 Å². The zero-order valence-electron chi connectivity index (χ0n) is 12.5. The Hall–Kier alpha value is -1.61. The van der Waals surface area contributed by atoms with Crippen molar-refractivity contribution in [3.05, 3.63) is 40.3 Å². The van der Waals surface area contributed by atoms with Crippen LogP contribution >= 0.6 is 0 Å². The molecule has 0 atom stereocenters. The Morgan fingerprint density at radius 1 is 1.11 bits per heavy atom. The van der Waals surface area contributed by atoms with Gasteiger partial charge in [-0.15, -0.1) is 0 Å². The van der Waals surface area contributed by atoms with E-state index in [0.717, 1.165) is 17.2 Å². The van der Waals surface area contributed by atoms with Gasteiger partial charge in [0.2, 0.25) is 0 Å². The summed E-state index contributed by atoms with van der Waals surface area (Å²) in [5.41, 5.74) is 12.9. The maximum atomic E-state index is 5.85. The molecule has 1 aromatic heterocycles. The van der Waals surface area contributed by atoms with Crippen LogP contribution in [0.5, 0.6) is 0 Å². The van der Waals surface area contributed by atoms with Crippen LogP contribution in [-0.4, -0.2) is 9.97 Å². The lowest BCUT2D eigenvalue weighted by molar-refractivity contribution is 0.788. The van der Waals surface area contributed by atoms with Crippen LogP contribution in [0.2, 0.25) is 0 Å². The Bertz CT molecular complexity index is 594. The molecule has 0 aliphatic carbocycles. The summed E-state index contributed by atoms with van der Waals surface area (Å²) in [5.74, 6) is 1.39. The van der Waals surface area contributed by atoms with Crippen LogP contribution in [0.3, 0.4) is 0 Å². The molecule has 1 aromatic carbocycles. The van der Waals surface area contributed by atoms with Gasteiger partial charge in [0, 0.05) is 18.0 Å². The van der Waals surface area contributed by atoms with Crippen molar-refractivity contribution in [3.8, 4) is 11.3 Å². The lowest BCUT2D eigenvalue weighted by atomic mass is 9.98. The molecule has 0 unspecified atom stereocenters. The number of nitrogens with one attached hydrogen (secondary N) is 1. The average Bonchev–Trinajstić information content (AvgIpc) is 2.77. The topological polar surface area (TPSA) is 54.7 Å². The molecule has 3 heteroatoms. The molecule has 2 rings (SSSR count). The van der Waals surface area contributed by atoms with Gasteiger partial charge in [-0.3, -0.25) is 0 Å². The van der Waals surface area contributed by atoms with E-state index in [9.17, 15) is 0 Å². The standard InChI is InChI=1S/C16H23N3/c1-9(2)16-18-14(8-17)15(19-16)13-7-11(4)10(3)6-12(13)5/h6-7,9H,8,17H2,1-5H3,(H,18,19). The van der Waals surface area contributed by atoms with Crippen LogP contribution in [0.25, 0.3) is 11.3 Å². The van der Waals surface area contributed by atoms with Gasteiger partial charge in [-0.1, -0.05) is 19.9 Å². The summed E-state index contributed by atoms with van der Waals surface area (Å²) in [6.45, 7) is 11.2. The van der Waals surface area contributed by atoms with Gasteiger partial charge in [0.15, 0.2) is 0 Å². The van der Waals surface area contributed by atoms with Crippen molar-refractivity contribution in [1.29, 1.82) is 0 Å². The number of nitrogens with two attached hydrogens (primary N) is 1. The SMILES string of the molecule is Cc1cc(C)c(-c2nc(C(C)C)[nH]c2CN)cc1C. The van der Waals surface area contributed by atoms with E-state index in [1.165, 1.54) is 22.3 Å². The van der Waals surface area contributed by atoms with Crippen molar-refractivity contribution in [3.63, 3.8) is 0 Å². The molecule has 0 spiro atoms. The maximum absolute atomic E-state index is 5.85. The molecule has 1 heterocycles. The summed E-state index contributed by atoms with van der Waals surface area (Å²) in [5, 5.41) is 0. The highest BCUT2D eigenvalue weighted by Crippen LogP contribution is 2.29. The van der Waals surface area contributed by atoms with Crippen molar-refractivity contribution in [2.24, 2.45) is 5.73 Å². The Morgan fingerprint density at radius 2 is 1.74 bits per heavy atom. The quantitative estimate of drug-likeness (QED) is 0.883. The number of rotatable bonds is 3. The second-order valence-corrected chi connectivity index (χ2v) is 5.56. The minimum atomic E-state index is 0.380. The molecule has 0 aliphatic rings. The molecule has 0 aliphatic heterocycles. The molecule has 0 amide bonds. The first kappa shape index (κ1) is 13.8. The fourth-order valence-corrected chi connectivity index (χ4v) is 2.29. The molecule has 3 N–H and O–H groups in total. The number of aromatic nitrogens is 2. The van der Waals surface area contributed by atoms with E-state index in [1.807, 2.05) is 0 Å². The summed E-state index contributed by atoms with van der Waals surface area (Å²) in [7, 11) is 0. The summed E-state index contributed by atoms with van der Waals surface area (Å²) < 4.78 is 0. The van der Waals surface area contributed by atoms with Gasteiger partial charge >= 0.3 is 0 Å². The maximum Gasteiger partial charge on any atom is 0.109 e. The first-order chi connectivity index (χ1) is 8.93. The second-order valence-electron chi connectivity index (χ2n) is 5.56. The molecule has 0 saturated heterocycles. The summed E-state index contributed by atoms with van der Waals surface area (Å²) in [6.07, 6.45) is 0. The number of hydrogen-bond acceptors (Lipinski definition) is 2. The Balaban J connectivity index is 2.61. The Labute approximate surface area is 115 Å². The van der Waals surface area contributed by atoms with Gasteiger partial charge in [0.1, 0.15) is 5.82 Å². The normalized spacial score (nSPS) is 11.3. The highest BCUT2D eigenvalue weighted by atomic mass is 15.0. The van der Waals surface area contributed by atoms with Crippen molar-refractivity contribution in [2.45, 2.75) is 47.1 Å². The third kappa shape index (κ3) is 2.56. The van der Waals surface area contributed by atoms with Crippen molar-refractivity contribution in [2.75, 3.05) is 0 Å². The van der Waals surface area contributed by atoms with Crippen LogP contribution in [0.4, 0.5) is 0 Å². The van der Waals surface area contributed by atoms with Gasteiger partial charge in [-0.2, -0.15) is 0 Å². The summed E-state index contributed by atoms with van der Waals surface area (Å²) in [4.78, 5) is 8.10. The molecular weight excluding hydrogens is 234 g/mol. The van der Waals surface area contributed by atoms with E-state index in [1.54, 1.807) is 0 Å². The number of H-pyrrole nitrogens is 1. The smallest absolute Gasteiger partial charge is 0.109 e. The van der Waals surface area contributed by atoms with E-state index in [-0.39, 0.29) is 0 Å². The van der Waals surface area contributed by atoms with E-state index in [0.29, 0.717) is 12.5 Å². The van der Waals surface area contributed by atoms with Gasteiger partial charge < -0.3 is 10.7 Å². The predicted molar refractivity (Wildman–Crippen MR) is 80.2 cm³/mol. The lowest BCUT2D eigenvalue weighted by Gasteiger charge is -2.09. The van der Waals surface area contributed by atoms with Gasteiger partial charge in [0.25, 0.3) is 0 Å². The zero-order chi connectivity index (χ0) is 14.2. The minimum Gasteiger partial charge on any atom is -0.344 e. The van der Waals surface area contributed by atoms with E-state index in [4.69, 9.17) is 10.7 Å². The molecule has 19 heavy (non-hydrogen) atoms. The first-order valence-electron chi connectivity index (χ1n) is 6.81. The number of hydrogen-bond donors (Lipinski definition) is 2. The first-order valence-corrected chi connectivity index (χ1v) is 6.81. The molecule has 0 bridgehead atoms. The second kappa shape index (κ2) is 5.17. The van der Waals surface area contributed by atoms with Crippen LogP contribution in [-0.2, 0) is 6.54 Å². The number of benzene rings is 1. The molecule has 102 valence electrons. The van der Waals surface area contributed by atoms with E-state index < -0.39 is 0 Å². The molecule has 0 fully saturated rings. The van der Waals surface area contributed by atoms with Crippen LogP contribution < -0.4 is 5.73 Å². The lowest BCUT2D eigenvalue weighted by Crippen LogP contribution is -2.00. The fourth-order valence-electron chi connectivity index (χ4n) is 2.29. The number of nitrogens with zero attached hydrogens (tertiary/aromatic N) is 1. The highest BCUT2D eigenvalue weighted by Gasteiger charge is 2.15. The van der Waals surface area contributed by atoms with Crippen LogP contribution in [0.1, 0.15) is 48.0 Å². The monoisotopic (exact) mass is 257 g/mol. The Kier molecular flexibility index (Phi) is 3.76. The number of aryl methyl sites for hydroxylation is 3. The number of aromatic amines is 1. The fraction of sp³-hybridized carbons (Fsp3) is 0.438. The third-order valence-corrected chi connectivity index (χ3v) is 3.64. The Morgan fingerprint density at radius 3 is 2.32 bits per heavy atom. The molecule has 0 radical (unpaired) electrons. The zero-order valence-corrected chi connectivity index (χ0v) is 12.5. The molecule has 3 nitrogen and oxygen atoms in total. The summed E-state index contributed by atoms with van der Waals surface area (Å²) in [6, 6.07) is 4.43. The number of imidazole rings is 1. The van der Waals surface area contributed by atoms with Crippen molar-refractivity contribution < 1.29 is 0 Å². The average molecular weight is 257 g/mol. The van der Waals surface area contributed by atoms with Gasteiger partial charge in [-0.05, 0) is 43.5 Å². The van der Waals surface area contributed by atoms with Crippen molar-refractivity contribution in [1.82, 2.24) is 9.97 Å².